The fraction of sp³-hybridized carbons (Fsp3) is 0.278. The van der Waals surface area contributed by atoms with Gasteiger partial charge in [0, 0.05) is 27.0 Å². The second-order valence-corrected chi connectivity index (χ2v) is 7.84. The first-order chi connectivity index (χ1) is 14.0. The second kappa shape index (κ2) is 7.58. The fourth-order valence-electron chi connectivity index (χ4n) is 2.97. The van der Waals surface area contributed by atoms with Crippen LogP contribution >= 0.6 is 27.5 Å². The van der Waals surface area contributed by atoms with Crippen molar-refractivity contribution in [3.8, 4) is 0 Å². The van der Waals surface area contributed by atoms with E-state index in [4.69, 9.17) is 11.6 Å². The summed E-state index contributed by atoms with van der Waals surface area (Å²) < 4.78 is 120. The van der Waals surface area contributed by atoms with Gasteiger partial charge in [-0.15, -0.1) is 0 Å². The molecule has 1 aliphatic heterocycles. The maximum atomic E-state index is 14.0. The lowest BCUT2D eigenvalue weighted by atomic mass is 9.85. The zero-order valence-corrected chi connectivity index (χ0v) is 17.0. The van der Waals surface area contributed by atoms with Crippen LogP contribution in [-0.2, 0) is 22.8 Å². The summed E-state index contributed by atoms with van der Waals surface area (Å²) in [6.07, 6.45) is -16.2. The molecule has 168 valence electrons. The van der Waals surface area contributed by atoms with Crippen LogP contribution in [0.2, 0.25) is 5.02 Å². The minimum Gasteiger partial charge on any atom is -0.374 e. The first-order valence-electron chi connectivity index (χ1n) is 8.12. The molecule has 1 atom stereocenters. The largest absolute Gasteiger partial charge is 0.435 e. The molecule has 31 heavy (non-hydrogen) atoms. The number of hydrogen-bond donors (Lipinski definition) is 0. The predicted octanol–water partition coefficient (Wildman–Crippen LogP) is 7.72. The molecule has 0 aliphatic carbocycles. The molecule has 0 aromatic heterocycles. The standard InChI is InChI=1S/C18H8BrClF9NO/c19-13-2-1-8(3-12(13)17(24,25)26)14-7-15(31-30-14,18(27,28)29)9-4-10(16(21,22)23)6-11(20)5-9/h1-6H,7H2. The molecule has 1 heterocycles. The monoisotopic (exact) mass is 539 g/mol. The topological polar surface area (TPSA) is 21.6 Å². The first-order valence-corrected chi connectivity index (χ1v) is 9.29. The molecule has 0 saturated heterocycles. The van der Waals surface area contributed by atoms with E-state index in [9.17, 15) is 39.5 Å². The number of nitrogens with zero attached hydrogens (tertiary/aromatic N) is 1. The van der Waals surface area contributed by atoms with Gasteiger partial charge < -0.3 is 4.84 Å². The molecular weight excluding hydrogens is 533 g/mol. The highest BCUT2D eigenvalue weighted by molar-refractivity contribution is 9.10. The summed E-state index contributed by atoms with van der Waals surface area (Å²) in [4.78, 5) is 4.58. The molecule has 0 radical (unpaired) electrons. The van der Waals surface area contributed by atoms with Gasteiger partial charge in [-0.1, -0.05) is 38.8 Å². The summed E-state index contributed by atoms with van der Waals surface area (Å²) in [5.74, 6) is 0. The van der Waals surface area contributed by atoms with Crippen LogP contribution in [-0.4, -0.2) is 11.9 Å². The molecule has 3 rings (SSSR count). The van der Waals surface area contributed by atoms with Crippen LogP contribution in [0.5, 0.6) is 0 Å². The third-order valence-corrected chi connectivity index (χ3v) is 5.39. The van der Waals surface area contributed by atoms with Crippen molar-refractivity contribution in [3.63, 3.8) is 0 Å². The van der Waals surface area contributed by atoms with Crippen LogP contribution in [0.15, 0.2) is 46.0 Å². The maximum Gasteiger partial charge on any atom is 0.435 e. The molecule has 2 aromatic carbocycles. The van der Waals surface area contributed by atoms with E-state index in [2.05, 4.69) is 25.9 Å². The number of halogens is 11. The van der Waals surface area contributed by atoms with E-state index in [1.54, 1.807) is 0 Å². The fourth-order valence-corrected chi connectivity index (χ4v) is 3.67. The minimum atomic E-state index is -5.27. The van der Waals surface area contributed by atoms with Crippen LogP contribution in [0.4, 0.5) is 39.5 Å². The van der Waals surface area contributed by atoms with Gasteiger partial charge in [0.15, 0.2) is 0 Å². The smallest absolute Gasteiger partial charge is 0.374 e. The lowest BCUT2D eigenvalue weighted by Crippen LogP contribution is -2.43. The zero-order chi connectivity index (χ0) is 23.4. The summed E-state index contributed by atoms with van der Waals surface area (Å²) in [6, 6.07) is 3.92. The molecular formula is C18H8BrClF9NO. The highest BCUT2D eigenvalue weighted by atomic mass is 79.9. The molecule has 0 N–H and O–H groups in total. The van der Waals surface area contributed by atoms with Gasteiger partial charge in [0.25, 0.3) is 5.60 Å². The second-order valence-electron chi connectivity index (χ2n) is 6.55. The molecule has 2 nitrogen and oxygen atoms in total. The maximum absolute atomic E-state index is 14.0. The molecule has 13 heteroatoms. The minimum absolute atomic E-state index is 0.223. The van der Waals surface area contributed by atoms with Crippen LogP contribution in [0.3, 0.4) is 0 Å². The van der Waals surface area contributed by atoms with Gasteiger partial charge >= 0.3 is 18.5 Å². The van der Waals surface area contributed by atoms with Gasteiger partial charge in [0.1, 0.15) is 0 Å². The SMILES string of the molecule is FC(F)(F)c1cc(Cl)cc(C2(C(F)(F)F)CC(c3ccc(Br)c(C(F)(F)F)c3)=NO2)c1. The van der Waals surface area contributed by atoms with E-state index in [1.807, 2.05) is 0 Å². The third-order valence-electron chi connectivity index (χ3n) is 4.48. The molecule has 0 bridgehead atoms. The molecule has 0 saturated carbocycles. The Kier molecular flexibility index (Phi) is 5.79. The van der Waals surface area contributed by atoms with E-state index < -0.39 is 58.0 Å². The van der Waals surface area contributed by atoms with Crippen LogP contribution in [0.25, 0.3) is 0 Å². The Morgan fingerprint density at radius 1 is 0.903 bits per heavy atom. The van der Waals surface area contributed by atoms with Crippen molar-refractivity contribution in [2.75, 3.05) is 0 Å². The predicted molar refractivity (Wildman–Crippen MR) is 95.6 cm³/mol. The van der Waals surface area contributed by atoms with E-state index in [1.165, 1.54) is 0 Å². The number of benzene rings is 2. The Morgan fingerprint density at radius 2 is 1.55 bits per heavy atom. The average Bonchev–Trinajstić information content (AvgIpc) is 3.06. The summed E-state index contributed by atoms with van der Waals surface area (Å²) in [5.41, 5.74) is -7.81. The summed E-state index contributed by atoms with van der Waals surface area (Å²) in [7, 11) is 0. The molecule has 1 unspecified atom stereocenters. The first kappa shape index (κ1) is 23.7. The van der Waals surface area contributed by atoms with Gasteiger partial charge in [0.05, 0.1) is 16.8 Å². The molecule has 0 spiro atoms. The highest BCUT2D eigenvalue weighted by Gasteiger charge is 2.62. The Balaban J connectivity index is 2.09. The van der Waals surface area contributed by atoms with Gasteiger partial charge in [0.2, 0.25) is 0 Å². The molecule has 0 fully saturated rings. The lowest BCUT2D eigenvalue weighted by molar-refractivity contribution is -0.276. The van der Waals surface area contributed by atoms with Crippen molar-refractivity contribution in [2.24, 2.45) is 5.16 Å². The number of rotatable bonds is 2. The Morgan fingerprint density at radius 3 is 2.10 bits per heavy atom. The summed E-state index contributed by atoms with van der Waals surface area (Å²) >= 11 is 8.31. The van der Waals surface area contributed by atoms with Crippen molar-refractivity contribution >= 4 is 33.2 Å². The molecule has 2 aromatic rings. The van der Waals surface area contributed by atoms with Crippen LogP contribution in [0, 0.1) is 0 Å². The summed E-state index contributed by atoms with van der Waals surface area (Å²) in [6.45, 7) is 0. The molecule has 0 amide bonds. The third kappa shape index (κ3) is 4.50. The quantitative estimate of drug-likeness (QED) is 0.358. The van der Waals surface area contributed by atoms with Crippen LogP contribution in [0.1, 0.15) is 28.7 Å². The Bertz CT molecular complexity index is 1050. The van der Waals surface area contributed by atoms with Crippen LogP contribution < -0.4 is 0 Å². The van der Waals surface area contributed by atoms with Crippen molar-refractivity contribution in [3.05, 3.63) is 68.1 Å². The zero-order valence-electron chi connectivity index (χ0n) is 14.7. The summed E-state index contributed by atoms with van der Waals surface area (Å²) in [5, 5.41) is 2.64. The van der Waals surface area contributed by atoms with Crippen molar-refractivity contribution in [1.82, 2.24) is 0 Å². The van der Waals surface area contributed by atoms with Crippen molar-refractivity contribution < 1.29 is 44.4 Å². The Hall–Kier alpha value is -1.95. The van der Waals surface area contributed by atoms with E-state index >= 15 is 0 Å². The lowest BCUT2D eigenvalue weighted by Gasteiger charge is -2.30. The van der Waals surface area contributed by atoms with E-state index in [0.717, 1.165) is 12.1 Å². The van der Waals surface area contributed by atoms with E-state index in [0.29, 0.717) is 18.2 Å². The molecule has 1 aliphatic rings. The number of alkyl halides is 9. The van der Waals surface area contributed by atoms with Crippen molar-refractivity contribution in [2.45, 2.75) is 30.6 Å². The number of oxime groups is 1. The van der Waals surface area contributed by atoms with Gasteiger partial charge in [-0.05, 0) is 30.3 Å². The van der Waals surface area contributed by atoms with E-state index in [-0.39, 0.29) is 16.1 Å². The van der Waals surface area contributed by atoms with Crippen molar-refractivity contribution in [1.29, 1.82) is 0 Å². The van der Waals surface area contributed by atoms with Gasteiger partial charge in [-0.25, -0.2) is 0 Å². The normalized spacial score (nSPS) is 19.9. The van der Waals surface area contributed by atoms with Gasteiger partial charge in [-0.2, -0.15) is 39.5 Å². The average molecular weight is 541 g/mol. The highest BCUT2D eigenvalue weighted by Crippen LogP contribution is 2.50. The Labute approximate surface area is 181 Å². The number of hydrogen-bond acceptors (Lipinski definition) is 2. The van der Waals surface area contributed by atoms with Gasteiger partial charge in [-0.3, -0.25) is 0 Å².